The summed E-state index contributed by atoms with van der Waals surface area (Å²) in [4.78, 5) is 0. The molecular formula is C16H26O. The Morgan fingerprint density at radius 2 is 1.71 bits per heavy atom. The molecule has 0 saturated heterocycles. The summed E-state index contributed by atoms with van der Waals surface area (Å²) in [5.74, 6) is 1.62. The highest BCUT2D eigenvalue weighted by Gasteiger charge is 2.10. The molecule has 0 heterocycles. The second kappa shape index (κ2) is 6.09. The summed E-state index contributed by atoms with van der Waals surface area (Å²) in [5, 5.41) is 0. The molecule has 1 heteroatoms. The Hall–Kier alpha value is -0.980. The number of ether oxygens (including phenoxy) is 1. The zero-order valence-electron chi connectivity index (χ0n) is 11.9. The van der Waals surface area contributed by atoms with E-state index in [2.05, 4.69) is 58.9 Å². The highest BCUT2D eigenvalue weighted by molar-refractivity contribution is 5.29. The Balaban J connectivity index is 2.46. The molecule has 0 aromatic heterocycles. The van der Waals surface area contributed by atoms with Gasteiger partial charge in [0.1, 0.15) is 5.75 Å². The van der Waals surface area contributed by atoms with Crippen LogP contribution in [0.5, 0.6) is 5.75 Å². The molecule has 1 aromatic rings. The average Bonchev–Trinajstić information content (AvgIpc) is 2.27. The van der Waals surface area contributed by atoms with Crippen LogP contribution in [0.2, 0.25) is 0 Å². The van der Waals surface area contributed by atoms with E-state index in [1.165, 1.54) is 12.0 Å². The van der Waals surface area contributed by atoms with E-state index in [9.17, 15) is 0 Å². The summed E-state index contributed by atoms with van der Waals surface area (Å²) in [6.07, 6.45) is 2.27. The van der Waals surface area contributed by atoms with Crippen molar-refractivity contribution in [1.29, 1.82) is 0 Å². The molecule has 0 fully saturated rings. The zero-order chi connectivity index (χ0) is 12.9. The van der Waals surface area contributed by atoms with Crippen LogP contribution in [0.15, 0.2) is 24.3 Å². The minimum absolute atomic E-state index is 0.344. The van der Waals surface area contributed by atoms with Crippen molar-refractivity contribution in [2.24, 2.45) is 5.41 Å². The van der Waals surface area contributed by atoms with Crippen LogP contribution in [0.25, 0.3) is 0 Å². The number of benzene rings is 1. The smallest absolute Gasteiger partial charge is 0.119 e. The van der Waals surface area contributed by atoms with Crippen molar-refractivity contribution in [1.82, 2.24) is 0 Å². The third kappa shape index (κ3) is 5.25. The SMILES string of the molecule is CCC(C)c1ccc(OCCC(C)(C)C)cc1. The summed E-state index contributed by atoms with van der Waals surface area (Å²) in [7, 11) is 0. The molecule has 1 aromatic carbocycles. The first-order valence-electron chi connectivity index (χ1n) is 6.65. The van der Waals surface area contributed by atoms with Crippen molar-refractivity contribution in [3.63, 3.8) is 0 Å². The maximum absolute atomic E-state index is 5.75. The van der Waals surface area contributed by atoms with Crippen LogP contribution in [0, 0.1) is 5.41 Å². The normalized spacial score (nSPS) is 13.5. The Morgan fingerprint density at radius 3 is 2.18 bits per heavy atom. The van der Waals surface area contributed by atoms with Gasteiger partial charge in [-0.25, -0.2) is 0 Å². The summed E-state index contributed by atoms with van der Waals surface area (Å²) >= 11 is 0. The van der Waals surface area contributed by atoms with E-state index in [4.69, 9.17) is 4.74 Å². The first kappa shape index (κ1) is 14.1. The molecule has 1 rings (SSSR count). The minimum Gasteiger partial charge on any atom is -0.494 e. The molecule has 0 spiro atoms. The third-order valence-electron chi connectivity index (χ3n) is 3.18. The summed E-state index contributed by atoms with van der Waals surface area (Å²) in [6.45, 7) is 12.0. The molecule has 0 bridgehead atoms. The van der Waals surface area contributed by atoms with Gasteiger partial charge in [-0.2, -0.15) is 0 Å². The van der Waals surface area contributed by atoms with Crippen LogP contribution < -0.4 is 4.74 Å². The van der Waals surface area contributed by atoms with E-state index in [0.29, 0.717) is 11.3 Å². The Morgan fingerprint density at radius 1 is 1.12 bits per heavy atom. The molecule has 96 valence electrons. The largest absolute Gasteiger partial charge is 0.494 e. The molecule has 0 aliphatic carbocycles. The maximum Gasteiger partial charge on any atom is 0.119 e. The van der Waals surface area contributed by atoms with E-state index in [1.54, 1.807) is 0 Å². The van der Waals surface area contributed by atoms with Crippen molar-refractivity contribution in [3.8, 4) is 5.75 Å². The monoisotopic (exact) mass is 234 g/mol. The molecule has 0 radical (unpaired) electrons. The topological polar surface area (TPSA) is 9.23 Å². The van der Waals surface area contributed by atoms with Crippen LogP contribution in [-0.4, -0.2) is 6.61 Å². The van der Waals surface area contributed by atoms with Gasteiger partial charge in [-0.05, 0) is 41.9 Å². The Labute approximate surface area is 106 Å². The molecular weight excluding hydrogens is 208 g/mol. The van der Waals surface area contributed by atoms with Crippen molar-refractivity contribution >= 4 is 0 Å². The lowest BCUT2D eigenvalue weighted by Gasteiger charge is -2.18. The van der Waals surface area contributed by atoms with E-state index >= 15 is 0 Å². The molecule has 0 aliphatic rings. The van der Waals surface area contributed by atoms with E-state index in [-0.39, 0.29) is 0 Å². The van der Waals surface area contributed by atoms with E-state index in [0.717, 1.165) is 18.8 Å². The van der Waals surface area contributed by atoms with Crippen molar-refractivity contribution in [2.75, 3.05) is 6.61 Å². The van der Waals surface area contributed by atoms with Crippen molar-refractivity contribution < 1.29 is 4.74 Å². The number of hydrogen-bond donors (Lipinski definition) is 0. The third-order valence-corrected chi connectivity index (χ3v) is 3.18. The number of rotatable bonds is 5. The fraction of sp³-hybridized carbons (Fsp3) is 0.625. The quantitative estimate of drug-likeness (QED) is 0.695. The first-order chi connectivity index (χ1) is 7.92. The molecule has 17 heavy (non-hydrogen) atoms. The van der Waals surface area contributed by atoms with Gasteiger partial charge in [-0.15, -0.1) is 0 Å². The van der Waals surface area contributed by atoms with Gasteiger partial charge < -0.3 is 4.74 Å². The Kier molecular flexibility index (Phi) is 5.04. The fourth-order valence-electron chi connectivity index (χ4n) is 1.60. The molecule has 0 N–H and O–H groups in total. The second-order valence-electron chi connectivity index (χ2n) is 6.04. The Bertz CT molecular complexity index is 318. The molecule has 1 unspecified atom stereocenters. The molecule has 0 aliphatic heterocycles. The van der Waals surface area contributed by atoms with Gasteiger partial charge in [0.05, 0.1) is 6.61 Å². The van der Waals surface area contributed by atoms with Gasteiger partial charge in [-0.3, -0.25) is 0 Å². The molecule has 1 nitrogen and oxygen atoms in total. The van der Waals surface area contributed by atoms with E-state index in [1.807, 2.05) is 0 Å². The van der Waals surface area contributed by atoms with Crippen LogP contribution in [0.4, 0.5) is 0 Å². The van der Waals surface area contributed by atoms with Gasteiger partial charge in [-0.1, -0.05) is 46.8 Å². The van der Waals surface area contributed by atoms with Crippen LogP contribution in [0.3, 0.4) is 0 Å². The average molecular weight is 234 g/mol. The lowest BCUT2D eigenvalue weighted by atomic mass is 9.93. The maximum atomic E-state index is 5.75. The summed E-state index contributed by atoms with van der Waals surface area (Å²) in [6, 6.07) is 8.54. The van der Waals surface area contributed by atoms with Crippen LogP contribution in [0.1, 0.15) is 58.9 Å². The predicted molar refractivity (Wildman–Crippen MR) is 74.7 cm³/mol. The van der Waals surface area contributed by atoms with Gasteiger partial charge in [0.2, 0.25) is 0 Å². The zero-order valence-corrected chi connectivity index (χ0v) is 11.9. The molecule has 1 atom stereocenters. The highest BCUT2D eigenvalue weighted by Crippen LogP contribution is 2.23. The van der Waals surface area contributed by atoms with E-state index < -0.39 is 0 Å². The van der Waals surface area contributed by atoms with Gasteiger partial charge >= 0.3 is 0 Å². The molecule has 0 amide bonds. The van der Waals surface area contributed by atoms with Gasteiger partial charge in [0, 0.05) is 0 Å². The highest BCUT2D eigenvalue weighted by atomic mass is 16.5. The van der Waals surface area contributed by atoms with Crippen molar-refractivity contribution in [3.05, 3.63) is 29.8 Å². The van der Waals surface area contributed by atoms with Crippen LogP contribution >= 0.6 is 0 Å². The summed E-state index contributed by atoms with van der Waals surface area (Å²) < 4.78 is 5.75. The fourth-order valence-corrected chi connectivity index (χ4v) is 1.60. The summed E-state index contributed by atoms with van der Waals surface area (Å²) in [5.41, 5.74) is 1.74. The first-order valence-corrected chi connectivity index (χ1v) is 6.65. The standard InChI is InChI=1S/C16H26O/c1-6-13(2)14-7-9-15(10-8-14)17-12-11-16(3,4)5/h7-10,13H,6,11-12H2,1-5H3. The lowest BCUT2D eigenvalue weighted by Crippen LogP contribution is -2.11. The second-order valence-corrected chi connectivity index (χ2v) is 6.04. The molecule has 0 saturated carbocycles. The number of hydrogen-bond acceptors (Lipinski definition) is 1. The van der Waals surface area contributed by atoms with Gasteiger partial charge in [0.25, 0.3) is 0 Å². The lowest BCUT2D eigenvalue weighted by molar-refractivity contribution is 0.243. The van der Waals surface area contributed by atoms with Crippen molar-refractivity contribution in [2.45, 2.75) is 53.4 Å². The van der Waals surface area contributed by atoms with Gasteiger partial charge in [0.15, 0.2) is 0 Å². The minimum atomic E-state index is 0.344. The van der Waals surface area contributed by atoms with Crippen LogP contribution in [-0.2, 0) is 0 Å². The predicted octanol–water partition coefficient (Wildman–Crippen LogP) is 5.02.